The molecule has 0 unspecified atom stereocenters. The van der Waals surface area contributed by atoms with E-state index in [1.165, 1.54) is 17.7 Å². The van der Waals surface area contributed by atoms with Crippen molar-refractivity contribution in [2.45, 2.75) is 20.4 Å². The van der Waals surface area contributed by atoms with Crippen molar-refractivity contribution >= 4 is 17.8 Å². The van der Waals surface area contributed by atoms with Crippen LogP contribution in [0.5, 0.6) is 0 Å². The second kappa shape index (κ2) is 9.32. The molecule has 29 heavy (non-hydrogen) atoms. The average molecular weight is 395 g/mol. The number of aryl methyl sites for hydroxylation is 2. The van der Waals surface area contributed by atoms with E-state index in [1.807, 2.05) is 31.2 Å². The van der Waals surface area contributed by atoms with Crippen LogP contribution in [0.15, 0.2) is 54.7 Å². The molecule has 1 aromatic heterocycles. The molecule has 0 saturated heterocycles. The van der Waals surface area contributed by atoms with Crippen molar-refractivity contribution in [3.63, 3.8) is 0 Å². The van der Waals surface area contributed by atoms with Gasteiger partial charge in [0.15, 0.2) is 0 Å². The lowest BCUT2D eigenvalue weighted by Gasteiger charge is -2.02. The van der Waals surface area contributed by atoms with Crippen LogP contribution in [-0.2, 0) is 6.54 Å². The molecule has 1 amide bonds. The maximum atomic E-state index is 10.9. The highest BCUT2D eigenvalue weighted by atomic mass is 16.4. The van der Waals surface area contributed by atoms with Crippen LogP contribution >= 0.6 is 0 Å². The normalized spacial score (nSPS) is 10.0. The summed E-state index contributed by atoms with van der Waals surface area (Å²) in [6, 6.07) is 13.8. The number of carboxylic acid groups (broad SMARTS) is 2. The fourth-order valence-electron chi connectivity index (χ4n) is 2.49. The summed E-state index contributed by atoms with van der Waals surface area (Å²) in [7, 11) is 0. The van der Waals surface area contributed by atoms with Crippen LogP contribution in [0.25, 0.3) is 0 Å². The van der Waals surface area contributed by atoms with Gasteiger partial charge in [0.25, 0.3) is 5.91 Å². The van der Waals surface area contributed by atoms with Crippen LogP contribution < -0.4 is 5.73 Å². The van der Waals surface area contributed by atoms with Crippen LogP contribution in [0.2, 0.25) is 0 Å². The first kappa shape index (κ1) is 21.4. The molecule has 0 atom stereocenters. The molecule has 0 saturated carbocycles. The first-order valence-electron chi connectivity index (χ1n) is 8.63. The van der Waals surface area contributed by atoms with Gasteiger partial charge in [0, 0.05) is 6.20 Å². The number of amides is 1. The number of carbonyl (C=O) groups excluding carboxylic acids is 1. The van der Waals surface area contributed by atoms with Gasteiger partial charge in [0.1, 0.15) is 5.69 Å². The number of hydrogen-bond acceptors (Lipinski definition) is 4. The molecule has 3 aromatic rings. The number of aromatic carboxylic acids is 2. The molecule has 8 heteroatoms. The monoisotopic (exact) mass is 395 g/mol. The Morgan fingerprint density at radius 2 is 1.45 bits per heavy atom. The highest BCUT2D eigenvalue weighted by Gasteiger charge is 2.09. The van der Waals surface area contributed by atoms with E-state index < -0.39 is 17.8 Å². The van der Waals surface area contributed by atoms with Crippen molar-refractivity contribution < 1.29 is 24.6 Å². The average Bonchev–Trinajstić information content (AvgIpc) is 3.12. The van der Waals surface area contributed by atoms with E-state index in [-0.39, 0.29) is 11.1 Å². The number of carboxylic acids is 2. The quantitative estimate of drug-likeness (QED) is 0.608. The third kappa shape index (κ3) is 6.31. The molecule has 0 aliphatic rings. The van der Waals surface area contributed by atoms with Crippen molar-refractivity contribution in [1.29, 1.82) is 0 Å². The summed E-state index contributed by atoms with van der Waals surface area (Å²) in [6.07, 6.45) is 1.75. The van der Waals surface area contributed by atoms with Crippen LogP contribution in [0.3, 0.4) is 0 Å². The Balaban J connectivity index is 0.000000212. The predicted octanol–water partition coefficient (Wildman–Crippen LogP) is 2.73. The molecule has 0 spiro atoms. The summed E-state index contributed by atoms with van der Waals surface area (Å²) < 4.78 is 1.70. The highest BCUT2D eigenvalue weighted by Crippen LogP contribution is 2.09. The number of hydrogen-bond donors (Lipinski definition) is 3. The number of rotatable bonds is 5. The van der Waals surface area contributed by atoms with Crippen LogP contribution in [0.1, 0.15) is 47.9 Å². The summed E-state index contributed by atoms with van der Waals surface area (Å²) in [6.45, 7) is 4.34. The molecule has 0 fully saturated rings. The zero-order valence-corrected chi connectivity index (χ0v) is 16.0. The summed E-state index contributed by atoms with van der Waals surface area (Å²) in [5.74, 6) is -2.74. The van der Waals surface area contributed by atoms with Gasteiger partial charge in [-0.25, -0.2) is 9.59 Å². The molecule has 8 nitrogen and oxygen atoms in total. The van der Waals surface area contributed by atoms with Gasteiger partial charge in [0.05, 0.1) is 17.7 Å². The van der Waals surface area contributed by atoms with E-state index in [0.29, 0.717) is 17.8 Å². The van der Waals surface area contributed by atoms with Gasteiger partial charge in [-0.05, 0) is 49.2 Å². The lowest BCUT2D eigenvalue weighted by Crippen LogP contribution is -2.12. The molecule has 0 radical (unpaired) electrons. The Kier molecular flexibility index (Phi) is 6.86. The van der Waals surface area contributed by atoms with Gasteiger partial charge in [-0.15, -0.1) is 0 Å². The number of carbonyl (C=O) groups is 3. The van der Waals surface area contributed by atoms with Crippen molar-refractivity contribution in [1.82, 2.24) is 9.78 Å². The van der Waals surface area contributed by atoms with Gasteiger partial charge in [0.2, 0.25) is 0 Å². The van der Waals surface area contributed by atoms with E-state index in [4.69, 9.17) is 15.9 Å². The molecule has 2 aromatic carbocycles. The molecule has 150 valence electrons. The molecule has 3 rings (SSSR count). The van der Waals surface area contributed by atoms with Gasteiger partial charge >= 0.3 is 11.9 Å². The zero-order valence-electron chi connectivity index (χ0n) is 16.0. The summed E-state index contributed by atoms with van der Waals surface area (Å²) in [4.78, 5) is 31.9. The van der Waals surface area contributed by atoms with Gasteiger partial charge in [-0.1, -0.05) is 29.8 Å². The highest BCUT2D eigenvalue weighted by molar-refractivity contribution is 5.94. The Hall–Kier alpha value is -3.94. The molecule has 0 aliphatic carbocycles. The van der Waals surface area contributed by atoms with Gasteiger partial charge in [-0.2, -0.15) is 5.10 Å². The smallest absolute Gasteiger partial charge is 0.335 e. The minimum absolute atomic E-state index is 0.00241. The van der Waals surface area contributed by atoms with Crippen LogP contribution in [-0.4, -0.2) is 37.8 Å². The van der Waals surface area contributed by atoms with Gasteiger partial charge in [-0.3, -0.25) is 9.48 Å². The van der Waals surface area contributed by atoms with E-state index in [0.717, 1.165) is 11.6 Å². The second-order valence-corrected chi connectivity index (χ2v) is 6.45. The molecular weight excluding hydrogens is 374 g/mol. The minimum atomic E-state index is -1.12. The summed E-state index contributed by atoms with van der Waals surface area (Å²) >= 11 is 0. The van der Waals surface area contributed by atoms with Crippen molar-refractivity contribution in [2.75, 3.05) is 0 Å². The maximum Gasteiger partial charge on any atom is 0.335 e. The topological polar surface area (TPSA) is 136 Å². The van der Waals surface area contributed by atoms with Crippen molar-refractivity contribution in [3.05, 3.63) is 88.2 Å². The maximum absolute atomic E-state index is 10.9. The van der Waals surface area contributed by atoms with E-state index in [2.05, 4.69) is 5.10 Å². The van der Waals surface area contributed by atoms with Crippen molar-refractivity contribution in [2.24, 2.45) is 5.73 Å². The fourth-order valence-corrected chi connectivity index (χ4v) is 2.49. The first-order chi connectivity index (χ1) is 13.7. The number of nitrogens with two attached hydrogens (primary N) is 1. The molecule has 0 bridgehead atoms. The fraction of sp³-hybridized carbons (Fsp3) is 0.143. The Morgan fingerprint density at radius 1 is 0.897 bits per heavy atom. The summed E-state index contributed by atoms with van der Waals surface area (Å²) in [5, 5.41) is 21.3. The molecular formula is C21H21N3O5. The van der Waals surface area contributed by atoms with Crippen LogP contribution in [0.4, 0.5) is 0 Å². The lowest BCUT2D eigenvalue weighted by atomic mass is 10.1. The number of primary amides is 1. The first-order valence-corrected chi connectivity index (χ1v) is 8.63. The summed E-state index contributed by atoms with van der Waals surface area (Å²) in [5.41, 5.74) is 8.41. The number of nitrogens with zero attached hydrogens (tertiary/aromatic N) is 2. The standard InChI is InChI=1S/C12H13N3O.C9H8O4/c1-9-2-4-10(5-3-9)8-15-7-6-11(14-15)12(13)16;1-5-2-6(8(10)11)4-7(3-5)9(12)13/h2-7H,8H2,1H3,(H2,13,16);2-4H,1H3,(H,10,11)(H,12,13). The largest absolute Gasteiger partial charge is 0.478 e. The Morgan fingerprint density at radius 3 is 1.90 bits per heavy atom. The van der Waals surface area contributed by atoms with Crippen molar-refractivity contribution in [3.8, 4) is 0 Å². The molecule has 1 heterocycles. The Bertz CT molecular complexity index is 1010. The Labute approximate surface area is 167 Å². The SMILES string of the molecule is Cc1cc(C(=O)O)cc(C(=O)O)c1.Cc1ccc(Cn2ccc(C(N)=O)n2)cc1. The third-order valence-corrected chi connectivity index (χ3v) is 3.93. The van der Waals surface area contributed by atoms with E-state index in [9.17, 15) is 14.4 Å². The molecule has 0 aliphatic heterocycles. The predicted molar refractivity (Wildman–Crippen MR) is 106 cm³/mol. The zero-order chi connectivity index (χ0) is 21.6. The van der Waals surface area contributed by atoms with Gasteiger partial charge < -0.3 is 15.9 Å². The van der Waals surface area contributed by atoms with E-state index >= 15 is 0 Å². The third-order valence-electron chi connectivity index (χ3n) is 3.93. The molecule has 4 N–H and O–H groups in total. The minimum Gasteiger partial charge on any atom is -0.478 e. The number of aromatic nitrogens is 2. The number of benzene rings is 2. The lowest BCUT2D eigenvalue weighted by molar-refractivity contribution is 0.0696. The second-order valence-electron chi connectivity index (χ2n) is 6.45. The van der Waals surface area contributed by atoms with Crippen LogP contribution in [0, 0.1) is 13.8 Å². The van der Waals surface area contributed by atoms with E-state index in [1.54, 1.807) is 23.9 Å².